The molecule has 2 N–H and O–H groups in total. The fraction of sp³-hybridized carbons (Fsp3) is 1.00. The highest BCUT2D eigenvalue weighted by Crippen LogP contribution is 2.33. The molecule has 0 aliphatic heterocycles. The standard InChI is InChI=1S/C16H34N2/c1-12(2)14-8-7-13(3)11-15(14)17-9-10-18-16(4,5)6/h12-15,17-18H,7-11H2,1-6H3. The van der Waals surface area contributed by atoms with Crippen LogP contribution in [-0.2, 0) is 0 Å². The van der Waals surface area contributed by atoms with Gasteiger partial charge in [0.2, 0.25) is 0 Å². The van der Waals surface area contributed by atoms with Crippen LogP contribution in [0.1, 0.15) is 60.8 Å². The van der Waals surface area contributed by atoms with Crippen LogP contribution in [0.4, 0.5) is 0 Å². The fourth-order valence-electron chi connectivity index (χ4n) is 3.13. The van der Waals surface area contributed by atoms with Crippen LogP contribution >= 0.6 is 0 Å². The van der Waals surface area contributed by atoms with Gasteiger partial charge in [0.05, 0.1) is 0 Å². The zero-order valence-electron chi connectivity index (χ0n) is 13.3. The number of nitrogens with one attached hydrogen (secondary N) is 2. The Morgan fingerprint density at radius 1 is 1.11 bits per heavy atom. The third-order valence-electron chi connectivity index (χ3n) is 4.21. The third kappa shape index (κ3) is 5.71. The highest BCUT2D eigenvalue weighted by molar-refractivity contribution is 4.85. The second-order valence-corrected chi connectivity index (χ2v) is 7.56. The first kappa shape index (κ1) is 16.0. The fourth-order valence-corrected chi connectivity index (χ4v) is 3.13. The molecule has 0 radical (unpaired) electrons. The number of hydrogen-bond acceptors (Lipinski definition) is 2. The molecule has 2 heteroatoms. The second-order valence-electron chi connectivity index (χ2n) is 7.56. The van der Waals surface area contributed by atoms with E-state index >= 15 is 0 Å². The molecular weight excluding hydrogens is 220 g/mol. The van der Waals surface area contributed by atoms with Gasteiger partial charge in [-0.05, 0) is 51.4 Å². The van der Waals surface area contributed by atoms with E-state index in [0.717, 1.165) is 36.9 Å². The molecule has 1 aliphatic carbocycles. The zero-order valence-corrected chi connectivity index (χ0v) is 13.3. The summed E-state index contributed by atoms with van der Waals surface area (Å²) in [5.74, 6) is 2.58. The van der Waals surface area contributed by atoms with Crippen molar-refractivity contribution in [2.75, 3.05) is 13.1 Å². The highest BCUT2D eigenvalue weighted by atomic mass is 15.0. The molecule has 18 heavy (non-hydrogen) atoms. The summed E-state index contributed by atoms with van der Waals surface area (Å²) in [6.45, 7) is 16.0. The quantitative estimate of drug-likeness (QED) is 0.735. The van der Waals surface area contributed by atoms with E-state index in [1.165, 1.54) is 19.3 Å². The van der Waals surface area contributed by atoms with E-state index in [9.17, 15) is 0 Å². The first-order valence-electron chi connectivity index (χ1n) is 7.78. The van der Waals surface area contributed by atoms with Crippen molar-refractivity contribution < 1.29 is 0 Å². The van der Waals surface area contributed by atoms with Crippen molar-refractivity contribution in [2.24, 2.45) is 17.8 Å². The van der Waals surface area contributed by atoms with Crippen molar-refractivity contribution in [3.8, 4) is 0 Å². The molecule has 0 amide bonds. The normalized spacial score (nSPS) is 29.8. The minimum atomic E-state index is 0.235. The molecular formula is C16H34N2. The smallest absolute Gasteiger partial charge is 0.0101 e. The van der Waals surface area contributed by atoms with Crippen molar-refractivity contribution in [1.29, 1.82) is 0 Å². The van der Waals surface area contributed by atoms with E-state index in [4.69, 9.17) is 0 Å². The summed E-state index contributed by atoms with van der Waals surface area (Å²) in [5, 5.41) is 7.35. The Morgan fingerprint density at radius 3 is 2.33 bits per heavy atom. The molecule has 0 bridgehead atoms. The van der Waals surface area contributed by atoms with E-state index in [1.54, 1.807) is 0 Å². The Hall–Kier alpha value is -0.0800. The summed E-state index contributed by atoms with van der Waals surface area (Å²) in [7, 11) is 0. The third-order valence-corrected chi connectivity index (χ3v) is 4.21. The van der Waals surface area contributed by atoms with Crippen LogP contribution in [-0.4, -0.2) is 24.7 Å². The van der Waals surface area contributed by atoms with Gasteiger partial charge in [0.25, 0.3) is 0 Å². The molecule has 0 aromatic heterocycles. The predicted molar refractivity (Wildman–Crippen MR) is 80.9 cm³/mol. The summed E-state index contributed by atoms with van der Waals surface area (Å²) >= 11 is 0. The van der Waals surface area contributed by atoms with E-state index in [-0.39, 0.29) is 5.54 Å². The molecule has 0 aromatic carbocycles. The summed E-state index contributed by atoms with van der Waals surface area (Å²) < 4.78 is 0. The first-order valence-corrected chi connectivity index (χ1v) is 7.78. The number of hydrogen-bond donors (Lipinski definition) is 2. The minimum absolute atomic E-state index is 0.235. The van der Waals surface area contributed by atoms with Gasteiger partial charge in [0.1, 0.15) is 0 Å². The van der Waals surface area contributed by atoms with Gasteiger partial charge in [-0.25, -0.2) is 0 Å². The van der Waals surface area contributed by atoms with Crippen LogP contribution in [0.15, 0.2) is 0 Å². The van der Waals surface area contributed by atoms with E-state index in [2.05, 4.69) is 52.2 Å². The molecule has 0 spiro atoms. The van der Waals surface area contributed by atoms with E-state index in [0.29, 0.717) is 0 Å². The lowest BCUT2D eigenvalue weighted by Gasteiger charge is -2.38. The summed E-state index contributed by atoms with van der Waals surface area (Å²) in [5.41, 5.74) is 0.235. The van der Waals surface area contributed by atoms with Gasteiger partial charge in [0, 0.05) is 24.7 Å². The van der Waals surface area contributed by atoms with Crippen molar-refractivity contribution >= 4 is 0 Å². The Bertz CT molecular complexity index is 230. The maximum Gasteiger partial charge on any atom is 0.0101 e. The maximum atomic E-state index is 3.79. The Balaban J connectivity index is 2.32. The molecule has 1 aliphatic rings. The Morgan fingerprint density at radius 2 is 1.78 bits per heavy atom. The first-order chi connectivity index (χ1) is 8.29. The monoisotopic (exact) mass is 254 g/mol. The Kier molecular flexibility index (Phi) is 6.13. The molecule has 108 valence electrons. The lowest BCUT2D eigenvalue weighted by molar-refractivity contribution is 0.170. The largest absolute Gasteiger partial charge is 0.312 e. The Labute approximate surface area is 114 Å². The topological polar surface area (TPSA) is 24.1 Å². The maximum absolute atomic E-state index is 3.79. The zero-order chi connectivity index (χ0) is 13.8. The molecule has 1 saturated carbocycles. The molecule has 3 unspecified atom stereocenters. The van der Waals surface area contributed by atoms with Gasteiger partial charge in [-0.15, -0.1) is 0 Å². The highest BCUT2D eigenvalue weighted by Gasteiger charge is 2.29. The van der Waals surface area contributed by atoms with Crippen LogP contribution < -0.4 is 10.6 Å². The van der Waals surface area contributed by atoms with Gasteiger partial charge < -0.3 is 10.6 Å². The van der Waals surface area contributed by atoms with Crippen LogP contribution in [0.2, 0.25) is 0 Å². The van der Waals surface area contributed by atoms with E-state index in [1.807, 2.05) is 0 Å². The average molecular weight is 254 g/mol. The molecule has 1 fully saturated rings. The number of rotatable bonds is 5. The van der Waals surface area contributed by atoms with Gasteiger partial charge >= 0.3 is 0 Å². The summed E-state index contributed by atoms with van der Waals surface area (Å²) in [4.78, 5) is 0. The molecule has 0 heterocycles. The molecule has 0 saturated heterocycles. The van der Waals surface area contributed by atoms with Crippen molar-refractivity contribution in [2.45, 2.75) is 72.4 Å². The van der Waals surface area contributed by atoms with Gasteiger partial charge in [-0.2, -0.15) is 0 Å². The predicted octanol–water partition coefficient (Wildman–Crippen LogP) is 3.42. The van der Waals surface area contributed by atoms with Crippen molar-refractivity contribution in [1.82, 2.24) is 10.6 Å². The van der Waals surface area contributed by atoms with E-state index < -0.39 is 0 Å². The molecule has 3 atom stereocenters. The van der Waals surface area contributed by atoms with Gasteiger partial charge in [0.15, 0.2) is 0 Å². The minimum Gasteiger partial charge on any atom is -0.312 e. The van der Waals surface area contributed by atoms with Gasteiger partial charge in [-0.1, -0.05) is 27.2 Å². The molecule has 0 aromatic rings. The van der Waals surface area contributed by atoms with Crippen molar-refractivity contribution in [3.05, 3.63) is 0 Å². The van der Waals surface area contributed by atoms with Gasteiger partial charge in [-0.3, -0.25) is 0 Å². The lowest BCUT2D eigenvalue weighted by atomic mass is 9.74. The van der Waals surface area contributed by atoms with Crippen LogP contribution in [0.5, 0.6) is 0 Å². The van der Waals surface area contributed by atoms with Crippen LogP contribution in [0, 0.1) is 17.8 Å². The van der Waals surface area contributed by atoms with Crippen molar-refractivity contribution in [3.63, 3.8) is 0 Å². The second kappa shape index (κ2) is 6.91. The molecule has 2 nitrogen and oxygen atoms in total. The SMILES string of the molecule is CC1CCC(C(C)C)C(NCCNC(C)(C)C)C1. The summed E-state index contributed by atoms with van der Waals surface area (Å²) in [6.07, 6.45) is 4.18. The van der Waals surface area contributed by atoms with Crippen LogP contribution in [0.3, 0.4) is 0 Å². The molecule has 1 rings (SSSR count). The average Bonchev–Trinajstić information content (AvgIpc) is 2.22. The lowest BCUT2D eigenvalue weighted by Crippen LogP contribution is -2.47. The summed E-state index contributed by atoms with van der Waals surface area (Å²) in [6, 6.07) is 0.732. The van der Waals surface area contributed by atoms with Crippen LogP contribution in [0.25, 0.3) is 0 Å².